The fourth-order valence-electron chi connectivity index (χ4n) is 2.71. The minimum atomic E-state index is -3.56. The highest BCUT2D eigenvalue weighted by Gasteiger charge is 2.51. The number of nitrogen functional groups attached to an aromatic ring is 1. The molecule has 0 spiro atoms. The van der Waals surface area contributed by atoms with Crippen molar-refractivity contribution in [2.75, 3.05) is 24.7 Å². The Labute approximate surface area is 173 Å². The van der Waals surface area contributed by atoms with Gasteiger partial charge in [0.2, 0.25) is 15.2 Å². The molecular formula is C16H21Cl2N5O2S2. The van der Waals surface area contributed by atoms with E-state index in [1.54, 1.807) is 38.1 Å². The van der Waals surface area contributed by atoms with E-state index >= 15 is 0 Å². The molecule has 1 aromatic heterocycles. The Morgan fingerprint density at radius 2 is 2.00 bits per heavy atom. The predicted octanol–water partition coefficient (Wildman–Crippen LogP) is 2.98. The zero-order valence-electron chi connectivity index (χ0n) is 15.0. The van der Waals surface area contributed by atoms with Crippen LogP contribution in [0.2, 0.25) is 0 Å². The molecule has 1 aromatic carbocycles. The number of halogens is 2. The van der Waals surface area contributed by atoms with Crippen LogP contribution < -0.4 is 5.84 Å². The summed E-state index contributed by atoms with van der Waals surface area (Å²) in [6, 6.07) is 6.57. The maximum absolute atomic E-state index is 12.7. The van der Waals surface area contributed by atoms with E-state index < -0.39 is 14.4 Å². The Hall–Kier alpha value is -1.000. The van der Waals surface area contributed by atoms with Gasteiger partial charge in [0.05, 0.1) is 4.90 Å². The smallest absolute Gasteiger partial charge is 0.243 e. The highest BCUT2D eigenvalue weighted by molar-refractivity contribution is 7.99. The number of rotatable bonds is 8. The van der Waals surface area contributed by atoms with Crippen LogP contribution in [0.15, 0.2) is 34.3 Å². The molecule has 7 nitrogen and oxygen atoms in total. The normalized spacial score (nSPS) is 18.8. The number of benzene rings is 1. The zero-order valence-corrected chi connectivity index (χ0v) is 18.1. The van der Waals surface area contributed by atoms with Crippen molar-refractivity contribution in [2.45, 2.75) is 34.7 Å². The minimum absolute atomic E-state index is 0.202. The van der Waals surface area contributed by atoms with Crippen molar-refractivity contribution < 1.29 is 8.42 Å². The van der Waals surface area contributed by atoms with Crippen LogP contribution in [0.3, 0.4) is 0 Å². The fourth-order valence-corrected chi connectivity index (χ4v) is 6.00. The quantitative estimate of drug-likeness (QED) is 0.378. The summed E-state index contributed by atoms with van der Waals surface area (Å²) in [6.45, 7) is 4.42. The lowest BCUT2D eigenvalue weighted by atomic mass is 10.2. The van der Waals surface area contributed by atoms with E-state index in [1.165, 1.54) is 20.7 Å². The molecule has 0 amide bonds. The maximum atomic E-state index is 12.7. The molecule has 3 rings (SSSR count). The van der Waals surface area contributed by atoms with Crippen molar-refractivity contribution in [3.63, 3.8) is 0 Å². The number of nitrogens with zero attached hydrogens (tertiary/aromatic N) is 4. The Morgan fingerprint density at radius 3 is 2.59 bits per heavy atom. The molecular weight excluding hydrogens is 429 g/mol. The van der Waals surface area contributed by atoms with Gasteiger partial charge in [0.15, 0.2) is 5.82 Å². The number of thioether (sulfide) groups is 1. The van der Waals surface area contributed by atoms with Gasteiger partial charge in [-0.1, -0.05) is 37.7 Å². The van der Waals surface area contributed by atoms with Crippen LogP contribution in [0.4, 0.5) is 0 Å². The summed E-state index contributed by atoms with van der Waals surface area (Å²) in [5.74, 6) is 7.42. The summed E-state index contributed by atoms with van der Waals surface area (Å²) in [6.07, 6.45) is 0.750. The molecule has 1 unspecified atom stereocenters. The second kappa shape index (κ2) is 7.79. The monoisotopic (exact) mass is 449 g/mol. The van der Waals surface area contributed by atoms with Crippen molar-refractivity contribution in [1.82, 2.24) is 19.2 Å². The summed E-state index contributed by atoms with van der Waals surface area (Å²) in [5.41, 5.74) is 0.584. The summed E-state index contributed by atoms with van der Waals surface area (Å²) in [7, 11) is -3.56. The second-order valence-electron chi connectivity index (χ2n) is 6.27. The van der Waals surface area contributed by atoms with Gasteiger partial charge < -0.3 is 5.84 Å². The van der Waals surface area contributed by atoms with E-state index in [0.717, 1.165) is 6.42 Å². The van der Waals surface area contributed by atoms with Crippen molar-refractivity contribution in [1.29, 1.82) is 0 Å². The summed E-state index contributed by atoms with van der Waals surface area (Å²) < 4.78 is 27.6. The topological polar surface area (TPSA) is 94.1 Å². The zero-order chi connectivity index (χ0) is 19.8. The number of hydrogen-bond donors (Lipinski definition) is 1. The minimum Gasteiger partial charge on any atom is -0.335 e. The molecule has 0 aliphatic heterocycles. The van der Waals surface area contributed by atoms with Gasteiger partial charge in [-0.2, -0.15) is 4.31 Å². The van der Waals surface area contributed by atoms with Crippen LogP contribution in [0.1, 0.15) is 20.3 Å². The largest absolute Gasteiger partial charge is 0.335 e. The van der Waals surface area contributed by atoms with E-state index in [1.807, 2.05) is 0 Å². The van der Waals surface area contributed by atoms with Gasteiger partial charge in [0.25, 0.3) is 0 Å². The molecule has 148 valence electrons. The number of alkyl halides is 2. The number of aromatic nitrogens is 3. The molecule has 1 heterocycles. The first-order valence-electron chi connectivity index (χ1n) is 8.52. The fraction of sp³-hybridized carbons (Fsp3) is 0.500. The van der Waals surface area contributed by atoms with Crippen molar-refractivity contribution >= 4 is 45.0 Å². The standard InChI is InChI=1S/C16H21Cl2N5O2S2/c1-3-22(4-2)27(24,25)13-7-5-6-11(8-13)14-20-21-15(23(14)19)26-10-12-9-16(12,17)18/h5-8,12H,3-4,9-10,19H2,1-2H3. The van der Waals surface area contributed by atoms with E-state index in [-0.39, 0.29) is 10.8 Å². The van der Waals surface area contributed by atoms with Crippen LogP contribution in [0, 0.1) is 5.92 Å². The Bertz CT molecular complexity index is 929. The van der Waals surface area contributed by atoms with Gasteiger partial charge in [0, 0.05) is 30.3 Å². The molecule has 0 radical (unpaired) electrons. The maximum Gasteiger partial charge on any atom is 0.243 e. The summed E-state index contributed by atoms with van der Waals surface area (Å²) in [4.78, 5) is 0.202. The van der Waals surface area contributed by atoms with Crippen LogP contribution in [-0.4, -0.2) is 50.8 Å². The molecule has 2 aromatic rings. The molecule has 11 heteroatoms. The van der Waals surface area contributed by atoms with E-state index in [2.05, 4.69) is 10.2 Å². The van der Waals surface area contributed by atoms with Crippen LogP contribution in [0.25, 0.3) is 11.4 Å². The van der Waals surface area contributed by atoms with Gasteiger partial charge in [-0.05, 0) is 18.6 Å². The van der Waals surface area contributed by atoms with Crippen LogP contribution >= 0.6 is 35.0 Å². The summed E-state index contributed by atoms with van der Waals surface area (Å²) >= 11 is 13.5. The number of nitrogens with two attached hydrogens (primary N) is 1. The first-order valence-corrected chi connectivity index (χ1v) is 11.7. The molecule has 1 aliphatic carbocycles. The molecule has 2 N–H and O–H groups in total. The van der Waals surface area contributed by atoms with Gasteiger partial charge >= 0.3 is 0 Å². The third-order valence-corrected chi connectivity index (χ3v) is 8.55. The van der Waals surface area contributed by atoms with Crippen molar-refractivity contribution in [3.8, 4) is 11.4 Å². The highest BCUT2D eigenvalue weighted by Crippen LogP contribution is 2.54. The molecule has 0 saturated heterocycles. The van der Waals surface area contributed by atoms with Crippen LogP contribution in [-0.2, 0) is 10.0 Å². The lowest BCUT2D eigenvalue weighted by molar-refractivity contribution is 0.445. The van der Waals surface area contributed by atoms with E-state index in [4.69, 9.17) is 29.0 Å². The number of hydrogen-bond acceptors (Lipinski definition) is 6. The van der Waals surface area contributed by atoms with Gasteiger partial charge in [-0.3, -0.25) is 0 Å². The third-order valence-electron chi connectivity index (χ3n) is 4.47. The average molecular weight is 450 g/mol. The lowest BCUT2D eigenvalue weighted by Crippen LogP contribution is -2.30. The van der Waals surface area contributed by atoms with E-state index in [9.17, 15) is 8.42 Å². The lowest BCUT2D eigenvalue weighted by Gasteiger charge is -2.18. The predicted molar refractivity (Wildman–Crippen MR) is 109 cm³/mol. The van der Waals surface area contributed by atoms with Gasteiger partial charge in [0.1, 0.15) is 4.33 Å². The molecule has 1 saturated carbocycles. The van der Waals surface area contributed by atoms with Crippen LogP contribution in [0.5, 0.6) is 0 Å². The summed E-state index contributed by atoms with van der Waals surface area (Å²) in [5, 5.41) is 8.75. The van der Waals surface area contributed by atoms with E-state index in [0.29, 0.717) is 35.4 Å². The Kier molecular flexibility index (Phi) is 5.98. The Balaban J connectivity index is 1.83. The average Bonchev–Trinajstić information content (AvgIpc) is 3.07. The highest BCUT2D eigenvalue weighted by atomic mass is 35.5. The first-order chi connectivity index (χ1) is 12.7. The first kappa shape index (κ1) is 20.7. The Morgan fingerprint density at radius 1 is 1.33 bits per heavy atom. The SMILES string of the molecule is CCN(CC)S(=O)(=O)c1cccc(-c2nnc(SCC3CC3(Cl)Cl)n2N)c1. The third kappa shape index (κ3) is 4.22. The van der Waals surface area contributed by atoms with Crippen molar-refractivity contribution in [2.24, 2.45) is 5.92 Å². The van der Waals surface area contributed by atoms with Gasteiger partial charge in [-0.15, -0.1) is 33.4 Å². The number of sulfonamides is 1. The second-order valence-corrected chi connectivity index (χ2v) is 10.7. The van der Waals surface area contributed by atoms with Gasteiger partial charge in [-0.25, -0.2) is 13.1 Å². The molecule has 27 heavy (non-hydrogen) atoms. The van der Waals surface area contributed by atoms with Crippen molar-refractivity contribution in [3.05, 3.63) is 24.3 Å². The molecule has 0 bridgehead atoms. The molecule has 1 aliphatic rings. The molecule has 1 fully saturated rings. The molecule has 1 atom stereocenters.